The summed E-state index contributed by atoms with van der Waals surface area (Å²) in [4.78, 5) is 9.67. The van der Waals surface area contributed by atoms with Crippen molar-refractivity contribution in [1.82, 2.24) is 19.4 Å². The maximum absolute atomic E-state index is 5.96. The maximum atomic E-state index is 5.96. The van der Waals surface area contributed by atoms with E-state index in [0.29, 0.717) is 0 Å². The third-order valence-electron chi connectivity index (χ3n) is 4.62. The highest BCUT2D eigenvalue weighted by atomic mass is 16.5. The van der Waals surface area contributed by atoms with Crippen LogP contribution in [0.25, 0.3) is 0 Å². The van der Waals surface area contributed by atoms with Gasteiger partial charge in [0.25, 0.3) is 0 Å². The first kappa shape index (κ1) is 14.0. The third-order valence-corrected chi connectivity index (χ3v) is 4.62. The third kappa shape index (κ3) is 2.90. The zero-order valence-corrected chi connectivity index (χ0v) is 12.9. The van der Waals surface area contributed by atoms with E-state index in [1.165, 1.54) is 25.9 Å². The number of hydrogen-bond donors (Lipinski definition) is 0. The minimum atomic E-state index is 0.127. The standard InChI is InChI=1S/C15H26N4O/c1-12-10-18(3)15(16-12)14-11-19(8-9-20-14)13-4-6-17(2)7-5-13/h10,13-14H,4-9,11H2,1-3H3/t14-/m0/s1. The van der Waals surface area contributed by atoms with Crippen LogP contribution < -0.4 is 0 Å². The average Bonchev–Trinajstić information content (AvgIpc) is 2.79. The van der Waals surface area contributed by atoms with Gasteiger partial charge >= 0.3 is 0 Å². The van der Waals surface area contributed by atoms with E-state index in [0.717, 1.165) is 37.3 Å². The number of hydrogen-bond acceptors (Lipinski definition) is 4. The molecule has 3 rings (SSSR count). The summed E-state index contributed by atoms with van der Waals surface area (Å²) in [5.41, 5.74) is 1.07. The SMILES string of the molecule is Cc1cn(C)c([C@@H]2CN(C3CCN(C)CC3)CCO2)n1. The number of ether oxygens (including phenoxy) is 1. The number of piperidine rings is 1. The number of imidazole rings is 1. The van der Waals surface area contributed by atoms with Gasteiger partial charge in [-0.2, -0.15) is 0 Å². The molecule has 0 radical (unpaired) electrons. The van der Waals surface area contributed by atoms with E-state index in [2.05, 4.69) is 39.6 Å². The van der Waals surface area contributed by atoms with Crippen molar-refractivity contribution in [3.05, 3.63) is 17.7 Å². The lowest BCUT2D eigenvalue weighted by Gasteiger charge is -2.41. The molecule has 2 aliphatic rings. The predicted molar refractivity (Wildman–Crippen MR) is 78.7 cm³/mol. The summed E-state index contributed by atoms with van der Waals surface area (Å²) in [6.45, 7) is 7.35. The second-order valence-corrected chi connectivity index (χ2v) is 6.24. The minimum absolute atomic E-state index is 0.127. The Morgan fingerprint density at radius 2 is 1.95 bits per heavy atom. The average molecular weight is 278 g/mol. The normalized spacial score (nSPS) is 27.1. The molecule has 0 unspecified atom stereocenters. The zero-order valence-electron chi connectivity index (χ0n) is 12.9. The Hall–Kier alpha value is -0.910. The van der Waals surface area contributed by atoms with E-state index in [1.54, 1.807) is 0 Å². The lowest BCUT2D eigenvalue weighted by molar-refractivity contribution is -0.0572. The molecule has 2 fully saturated rings. The Labute approximate surface area is 121 Å². The molecule has 0 spiro atoms. The first-order valence-electron chi connectivity index (χ1n) is 7.67. The molecule has 1 aromatic heterocycles. The smallest absolute Gasteiger partial charge is 0.139 e. The number of rotatable bonds is 2. The molecule has 0 aromatic carbocycles. The summed E-state index contributed by atoms with van der Waals surface area (Å²) in [5, 5.41) is 0. The van der Waals surface area contributed by atoms with Crippen molar-refractivity contribution in [1.29, 1.82) is 0 Å². The van der Waals surface area contributed by atoms with Crippen molar-refractivity contribution >= 4 is 0 Å². The summed E-state index contributed by atoms with van der Waals surface area (Å²) in [6.07, 6.45) is 4.76. The Bertz CT molecular complexity index is 451. The summed E-state index contributed by atoms with van der Waals surface area (Å²) >= 11 is 0. The van der Waals surface area contributed by atoms with Gasteiger partial charge in [0.2, 0.25) is 0 Å². The Morgan fingerprint density at radius 1 is 1.20 bits per heavy atom. The van der Waals surface area contributed by atoms with Crippen molar-refractivity contribution < 1.29 is 4.74 Å². The van der Waals surface area contributed by atoms with E-state index in [-0.39, 0.29) is 6.10 Å². The Morgan fingerprint density at radius 3 is 2.60 bits per heavy atom. The van der Waals surface area contributed by atoms with Crippen LogP contribution in [-0.2, 0) is 11.8 Å². The van der Waals surface area contributed by atoms with E-state index >= 15 is 0 Å². The van der Waals surface area contributed by atoms with Gasteiger partial charge in [0.1, 0.15) is 11.9 Å². The topological polar surface area (TPSA) is 33.5 Å². The van der Waals surface area contributed by atoms with Gasteiger partial charge in [-0.15, -0.1) is 0 Å². The number of nitrogens with zero attached hydrogens (tertiary/aromatic N) is 4. The lowest BCUT2D eigenvalue weighted by Crippen LogP contribution is -2.49. The summed E-state index contributed by atoms with van der Waals surface area (Å²) in [5.74, 6) is 1.07. The van der Waals surface area contributed by atoms with Crippen LogP contribution >= 0.6 is 0 Å². The van der Waals surface area contributed by atoms with Crippen LogP contribution in [0.15, 0.2) is 6.20 Å². The van der Waals surface area contributed by atoms with Gasteiger partial charge in [-0.25, -0.2) is 4.98 Å². The van der Waals surface area contributed by atoms with Crippen molar-refractivity contribution in [3.63, 3.8) is 0 Å². The first-order chi connectivity index (χ1) is 9.63. The molecule has 112 valence electrons. The van der Waals surface area contributed by atoms with Crippen LogP contribution in [0.3, 0.4) is 0 Å². The maximum Gasteiger partial charge on any atom is 0.139 e. The van der Waals surface area contributed by atoms with Crippen molar-refractivity contribution in [3.8, 4) is 0 Å². The minimum Gasteiger partial charge on any atom is -0.368 e. The van der Waals surface area contributed by atoms with Crippen LogP contribution in [0.2, 0.25) is 0 Å². The van der Waals surface area contributed by atoms with E-state index in [1.807, 2.05) is 6.92 Å². The number of aromatic nitrogens is 2. The fourth-order valence-corrected chi connectivity index (χ4v) is 3.45. The van der Waals surface area contributed by atoms with Gasteiger partial charge < -0.3 is 14.2 Å². The molecule has 2 saturated heterocycles. The van der Waals surface area contributed by atoms with E-state index < -0.39 is 0 Å². The molecule has 0 bridgehead atoms. The molecule has 0 saturated carbocycles. The van der Waals surface area contributed by atoms with Crippen LogP contribution in [0.4, 0.5) is 0 Å². The fourth-order valence-electron chi connectivity index (χ4n) is 3.45. The van der Waals surface area contributed by atoms with Gasteiger partial charge in [0.05, 0.1) is 12.3 Å². The summed E-state index contributed by atoms with van der Waals surface area (Å²) < 4.78 is 8.07. The molecule has 3 heterocycles. The molecule has 0 amide bonds. The lowest BCUT2D eigenvalue weighted by atomic mass is 10.0. The van der Waals surface area contributed by atoms with Crippen molar-refractivity contribution in [2.75, 3.05) is 39.8 Å². The number of morpholine rings is 1. The molecule has 2 aliphatic heterocycles. The summed E-state index contributed by atoms with van der Waals surface area (Å²) in [7, 11) is 4.28. The molecule has 5 heteroatoms. The van der Waals surface area contributed by atoms with E-state index in [9.17, 15) is 0 Å². The van der Waals surface area contributed by atoms with Crippen LogP contribution in [0.5, 0.6) is 0 Å². The second kappa shape index (κ2) is 5.84. The van der Waals surface area contributed by atoms with Gasteiger partial charge in [-0.3, -0.25) is 4.90 Å². The highest BCUT2D eigenvalue weighted by molar-refractivity contribution is 5.05. The van der Waals surface area contributed by atoms with Crippen LogP contribution in [-0.4, -0.2) is 65.2 Å². The van der Waals surface area contributed by atoms with Gasteiger partial charge in [-0.05, 0) is 39.9 Å². The van der Waals surface area contributed by atoms with Crippen molar-refractivity contribution in [2.24, 2.45) is 7.05 Å². The van der Waals surface area contributed by atoms with Gasteiger partial charge in [-0.1, -0.05) is 0 Å². The molecule has 0 N–H and O–H groups in total. The highest BCUT2D eigenvalue weighted by Crippen LogP contribution is 2.25. The summed E-state index contributed by atoms with van der Waals surface area (Å²) in [6, 6.07) is 0.721. The number of likely N-dealkylation sites (tertiary alicyclic amines) is 1. The van der Waals surface area contributed by atoms with Crippen LogP contribution in [0, 0.1) is 6.92 Å². The Kier molecular flexibility index (Phi) is 4.10. The number of aryl methyl sites for hydroxylation is 2. The molecular weight excluding hydrogens is 252 g/mol. The highest BCUT2D eigenvalue weighted by Gasteiger charge is 2.30. The van der Waals surface area contributed by atoms with Crippen LogP contribution in [0.1, 0.15) is 30.5 Å². The van der Waals surface area contributed by atoms with Crippen molar-refractivity contribution in [2.45, 2.75) is 31.9 Å². The largest absolute Gasteiger partial charge is 0.368 e. The van der Waals surface area contributed by atoms with E-state index in [4.69, 9.17) is 4.74 Å². The molecule has 20 heavy (non-hydrogen) atoms. The fraction of sp³-hybridized carbons (Fsp3) is 0.800. The first-order valence-corrected chi connectivity index (χ1v) is 7.67. The quantitative estimate of drug-likeness (QED) is 0.814. The second-order valence-electron chi connectivity index (χ2n) is 6.24. The molecule has 5 nitrogen and oxygen atoms in total. The monoisotopic (exact) mass is 278 g/mol. The Balaban J connectivity index is 1.66. The van der Waals surface area contributed by atoms with Gasteiger partial charge in [0.15, 0.2) is 0 Å². The zero-order chi connectivity index (χ0) is 14.1. The molecule has 1 atom stereocenters. The molecular formula is C15H26N4O. The molecule has 0 aliphatic carbocycles. The molecule has 1 aromatic rings. The predicted octanol–water partition coefficient (Wildman–Crippen LogP) is 1.20. The van der Waals surface area contributed by atoms with Gasteiger partial charge in [0, 0.05) is 32.4 Å².